The van der Waals surface area contributed by atoms with E-state index < -0.39 is 5.41 Å². The molecule has 0 aromatic rings. The van der Waals surface area contributed by atoms with Gasteiger partial charge in [-0.2, -0.15) is 5.26 Å². The van der Waals surface area contributed by atoms with Gasteiger partial charge in [-0.05, 0) is 5.92 Å². The van der Waals surface area contributed by atoms with Gasteiger partial charge in [0.1, 0.15) is 6.07 Å². The highest BCUT2D eigenvalue weighted by molar-refractivity contribution is 5.97. The summed E-state index contributed by atoms with van der Waals surface area (Å²) in [5, 5.41) is 8.32. The molecule has 0 bridgehead atoms. The molecule has 0 aromatic carbocycles. The minimum Gasteiger partial charge on any atom is -0.282 e. The Morgan fingerprint density at radius 1 is 1.50 bits per heavy atom. The highest BCUT2D eigenvalue weighted by atomic mass is 16.1. The summed E-state index contributed by atoms with van der Waals surface area (Å²) in [4.78, 5) is 10.9. The van der Waals surface area contributed by atoms with Crippen LogP contribution in [0.4, 0.5) is 0 Å². The second-order valence-electron chi connectivity index (χ2n) is 3.32. The predicted molar refractivity (Wildman–Crippen MR) is 39.2 cm³/mol. The van der Waals surface area contributed by atoms with E-state index in [1.165, 1.54) is 0 Å². The standard InChI is InChI=1S/C8H13NO/c1-6(2)8(3,4)7(10)5-9/h6H,1-4H3. The van der Waals surface area contributed by atoms with E-state index in [4.69, 9.17) is 5.26 Å². The van der Waals surface area contributed by atoms with Crippen LogP contribution in [-0.2, 0) is 4.79 Å². The van der Waals surface area contributed by atoms with Crippen molar-refractivity contribution < 1.29 is 4.79 Å². The van der Waals surface area contributed by atoms with E-state index in [9.17, 15) is 4.79 Å². The zero-order chi connectivity index (χ0) is 8.36. The third-order valence-corrected chi connectivity index (χ3v) is 2.13. The summed E-state index contributed by atoms with van der Waals surface area (Å²) >= 11 is 0. The molecule has 0 heterocycles. The Labute approximate surface area is 61.8 Å². The summed E-state index contributed by atoms with van der Waals surface area (Å²) in [6, 6.07) is 1.65. The molecule has 0 aliphatic rings. The largest absolute Gasteiger partial charge is 0.282 e. The average molecular weight is 139 g/mol. The molecule has 0 amide bonds. The molecule has 0 unspecified atom stereocenters. The lowest BCUT2D eigenvalue weighted by Crippen LogP contribution is -2.28. The molecule has 0 saturated heterocycles. The molecule has 0 rings (SSSR count). The van der Waals surface area contributed by atoms with Gasteiger partial charge in [0.25, 0.3) is 0 Å². The topological polar surface area (TPSA) is 40.9 Å². The van der Waals surface area contributed by atoms with Crippen molar-refractivity contribution in [2.45, 2.75) is 27.7 Å². The Hall–Kier alpha value is -0.840. The normalized spacial score (nSPS) is 11.2. The Bertz CT molecular complexity index is 174. The van der Waals surface area contributed by atoms with Gasteiger partial charge >= 0.3 is 0 Å². The number of nitrogens with zero attached hydrogens (tertiary/aromatic N) is 1. The lowest BCUT2D eigenvalue weighted by molar-refractivity contribution is -0.123. The van der Waals surface area contributed by atoms with Gasteiger partial charge in [-0.25, -0.2) is 0 Å². The van der Waals surface area contributed by atoms with Crippen molar-refractivity contribution in [3.8, 4) is 6.07 Å². The number of Topliss-reactive ketones (excluding diaryl/α,β-unsaturated/α-hetero) is 1. The van der Waals surface area contributed by atoms with Crippen molar-refractivity contribution in [1.29, 1.82) is 5.26 Å². The summed E-state index contributed by atoms with van der Waals surface area (Å²) < 4.78 is 0. The summed E-state index contributed by atoms with van der Waals surface area (Å²) in [6.45, 7) is 7.47. The van der Waals surface area contributed by atoms with Crippen molar-refractivity contribution in [1.82, 2.24) is 0 Å². The van der Waals surface area contributed by atoms with Gasteiger partial charge in [-0.15, -0.1) is 0 Å². The first-order chi connectivity index (χ1) is 4.42. The minimum absolute atomic E-state index is 0.222. The smallest absolute Gasteiger partial charge is 0.237 e. The van der Waals surface area contributed by atoms with Gasteiger partial charge in [0.05, 0.1) is 0 Å². The van der Waals surface area contributed by atoms with Gasteiger partial charge in [0.15, 0.2) is 0 Å². The predicted octanol–water partition coefficient (Wildman–Crippen LogP) is 1.76. The second kappa shape index (κ2) is 2.83. The number of ketones is 1. The maximum absolute atomic E-state index is 10.9. The van der Waals surface area contributed by atoms with Crippen molar-refractivity contribution in [2.24, 2.45) is 11.3 Å². The van der Waals surface area contributed by atoms with E-state index in [1.54, 1.807) is 19.9 Å². The highest BCUT2D eigenvalue weighted by Crippen LogP contribution is 2.26. The van der Waals surface area contributed by atoms with E-state index in [0.29, 0.717) is 0 Å². The van der Waals surface area contributed by atoms with Crippen LogP contribution < -0.4 is 0 Å². The first-order valence-corrected chi connectivity index (χ1v) is 3.37. The zero-order valence-corrected chi connectivity index (χ0v) is 6.93. The van der Waals surface area contributed by atoms with Crippen LogP contribution in [0.2, 0.25) is 0 Å². The van der Waals surface area contributed by atoms with Crippen LogP contribution in [0.15, 0.2) is 0 Å². The van der Waals surface area contributed by atoms with E-state index in [0.717, 1.165) is 0 Å². The van der Waals surface area contributed by atoms with E-state index in [-0.39, 0.29) is 11.7 Å². The van der Waals surface area contributed by atoms with E-state index >= 15 is 0 Å². The maximum Gasteiger partial charge on any atom is 0.237 e. The number of carbonyl (C=O) groups excluding carboxylic acids is 1. The molecule has 0 aromatic heterocycles. The molecule has 0 saturated carbocycles. The second-order valence-corrected chi connectivity index (χ2v) is 3.32. The molecule has 0 N–H and O–H groups in total. The van der Waals surface area contributed by atoms with Crippen molar-refractivity contribution >= 4 is 5.78 Å². The molecule has 56 valence electrons. The summed E-state index contributed by atoms with van der Waals surface area (Å²) in [7, 11) is 0. The van der Waals surface area contributed by atoms with Crippen molar-refractivity contribution in [3.63, 3.8) is 0 Å². The first kappa shape index (κ1) is 9.16. The molecule has 2 heteroatoms. The van der Waals surface area contributed by atoms with Gasteiger partial charge in [0, 0.05) is 5.41 Å². The average Bonchev–Trinajstić information content (AvgIpc) is 1.86. The third kappa shape index (κ3) is 1.57. The van der Waals surface area contributed by atoms with Crippen LogP contribution in [0.3, 0.4) is 0 Å². The summed E-state index contributed by atoms with van der Waals surface area (Å²) in [6.07, 6.45) is 0. The van der Waals surface area contributed by atoms with Crippen LogP contribution in [0.25, 0.3) is 0 Å². The number of hydrogen-bond donors (Lipinski definition) is 0. The fraction of sp³-hybridized carbons (Fsp3) is 0.750. The molecule has 0 aliphatic heterocycles. The zero-order valence-electron chi connectivity index (χ0n) is 6.93. The Kier molecular flexibility index (Phi) is 2.59. The van der Waals surface area contributed by atoms with Crippen LogP contribution in [-0.4, -0.2) is 5.78 Å². The van der Waals surface area contributed by atoms with Gasteiger partial charge in [-0.3, -0.25) is 4.79 Å². The molecule has 10 heavy (non-hydrogen) atoms. The van der Waals surface area contributed by atoms with E-state index in [2.05, 4.69) is 0 Å². The molecule has 0 atom stereocenters. The molecular formula is C8H13NO. The maximum atomic E-state index is 10.9. The van der Waals surface area contributed by atoms with Gasteiger partial charge in [0.2, 0.25) is 5.78 Å². The molecular weight excluding hydrogens is 126 g/mol. The van der Waals surface area contributed by atoms with Crippen LogP contribution in [0.1, 0.15) is 27.7 Å². The lowest BCUT2D eigenvalue weighted by atomic mass is 9.78. The monoisotopic (exact) mass is 139 g/mol. The number of rotatable bonds is 2. The van der Waals surface area contributed by atoms with Crippen LogP contribution in [0.5, 0.6) is 0 Å². The Morgan fingerprint density at radius 3 is 2.00 bits per heavy atom. The molecule has 0 fully saturated rings. The lowest BCUT2D eigenvalue weighted by Gasteiger charge is -2.23. The van der Waals surface area contributed by atoms with Crippen molar-refractivity contribution in [2.75, 3.05) is 0 Å². The van der Waals surface area contributed by atoms with Crippen LogP contribution >= 0.6 is 0 Å². The Balaban J connectivity index is 4.44. The molecule has 0 spiro atoms. The molecule has 0 aliphatic carbocycles. The molecule has 0 radical (unpaired) electrons. The number of hydrogen-bond acceptors (Lipinski definition) is 2. The summed E-state index contributed by atoms with van der Waals surface area (Å²) in [5.41, 5.74) is -0.491. The first-order valence-electron chi connectivity index (χ1n) is 3.37. The van der Waals surface area contributed by atoms with Gasteiger partial charge in [-0.1, -0.05) is 27.7 Å². The molecule has 2 nitrogen and oxygen atoms in total. The fourth-order valence-corrected chi connectivity index (χ4v) is 0.406. The Morgan fingerprint density at radius 2 is 1.90 bits per heavy atom. The van der Waals surface area contributed by atoms with Gasteiger partial charge < -0.3 is 0 Å². The number of nitriles is 1. The number of carbonyl (C=O) groups is 1. The van der Waals surface area contributed by atoms with Crippen molar-refractivity contribution in [3.05, 3.63) is 0 Å². The van der Waals surface area contributed by atoms with Crippen LogP contribution in [0, 0.1) is 22.7 Å². The minimum atomic E-state index is -0.491. The highest BCUT2D eigenvalue weighted by Gasteiger charge is 2.30. The van der Waals surface area contributed by atoms with E-state index in [1.807, 2.05) is 13.8 Å². The summed E-state index contributed by atoms with van der Waals surface area (Å²) in [5.74, 6) is -0.109. The SMILES string of the molecule is CC(C)C(C)(C)C(=O)C#N. The quantitative estimate of drug-likeness (QED) is 0.547. The fourth-order valence-electron chi connectivity index (χ4n) is 0.406. The third-order valence-electron chi connectivity index (χ3n) is 2.13.